The van der Waals surface area contributed by atoms with Gasteiger partial charge in [-0.25, -0.2) is 9.97 Å². The highest BCUT2D eigenvalue weighted by Gasteiger charge is 2.32. The van der Waals surface area contributed by atoms with Gasteiger partial charge in [0, 0.05) is 13.2 Å². The van der Waals surface area contributed by atoms with Gasteiger partial charge in [-0.1, -0.05) is 12.1 Å². The van der Waals surface area contributed by atoms with Crippen molar-refractivity contribution in [3.63, 3.8) is 0 Å². The zero-order valence-corrected chi connectivity index (χ0v) is 9.90. The normalized spacial score (nSPS) is 11.2. The van der Waals surface area contributed by atoms with Crippen molar-refractivity contribution in [1.29, 1.82) is 0 Å². The summed E-state index contributed by atoms with van der Waals surface area (Å²) >= 11 is 0. The molecule has 1 heterocycles. The van der Waals surface area contributed by atoms with Crippen molar-refractivity contribution in [2.75, 3.05) is 12.4 Å². The molecule has 4 nitrogen and oxygen atoms in total. The summed E-state index contributed by atoms with van der Waals surface area (Å²) in [5, 5.41) is 2.79. The van der Waals surface area contributed by atoms with Crippen molar-refractivity contribution in [2.45, 2.75) is 6.36 Å². The summed E-state index contributed by atoms with van der Waals surface area (Å²) in [7, 11) is 1.66. The Morgan fingerprint density at radius 1 is 1.16 bits per heavy atom. The number of hydrogen-bond donors (Lipinski definition) is 1. The van der Waals surface area contributed by atoms with Gasteiger partial charge in [0.15, 0.2) is 5.82 Å². The van der Waals surface area contributed by atoms with Crippen LogP contribution < -0.4 is 10.1 Å². The van der Waals surface area contributed by atoms with Crippen LogP contribution in [0.15, 0.2) is 36.5 Å². The number of nitrogens with zero attached hydrogens (tertiary/aromatic N) is 2. The minimum Gasteiger partial charge on any atom is -0.405 e. The molecule has 100 valence electrons. The second-order valence-electron chi connectivity index (χ2n) is 3.56. The Labute approximate surface area is 107 Å². The molecule has 0 atom stereocenters. The summed E-state index contributed by atoms with van der Waals surface area (Å²) in [6.45, 7) is 0. The van der Waals surface area contributed by atoms with Crippen LogP contribution in [-0.4, -0.2) is 23.4 Å². The van der Waals surface area contributed by atoms with E-state index in [-0.39, 0.29) is 17.1 Å². The molecule has 0 saturated carbocycles. The van der Waals surface area contributed by atoms with Gasteiger partial charge >= 0.3 is 6.36 Å². The summed E-state index contributed by atoms with van der Waals surface area (Å²) in [6.07, 6.45) is -3.30. The van der Waals surface area contributed by atoms with E-state index >= 15 is 0 Å². The second-order valence-corrected chi connectivity index (χ2v) is 3.56. The maximum atomic E-state index is 12.3. The molecule has 0 aliphatic carbocycles. The molecule has 1 N–H and O–H groups in total. The fraction of sp³-hybridized carbons (Fsp3) is 0.167. The van der Waals surface area contributed by atoms with Gasteiger partial charge in [0.25, 0.3) is 0 Å². The Balaban J connectivity index is 2.44. The molecule has 0 spiro atoms. The molecule has 0 amide bonds. The van der Waals surface area contributed by atoms with Gasteiger partial charge in [-0.15, -0.1) is 13.2 Å². The van der Waals surface area contributed by atoms with Crippen LogP contribution in [0.1, 0.15) is 0 Å². The molecule has 19 heavy (non-hydrogen) atoms. The molecule has 0 aliphatic heterocycles. The largest absolute Gasteiger partial charge is 0.573 e. The minimum absolute atomic E-state index is 0.159. The van der Waals surface area contributed by atoms with Gasteiger partial charge < -0.3 is 10.1 Å². The molecule has 0 saturated heterocycles. The first-order valence-corrected chi connectivity index (χ1v) is 5.35. The fourth-order valence-electron chi connectivity index (χ4n) is 1.49. The number of nitrogens with one attached hydrogen (secondary N) is 1. The molecule has 2 aromatic rings. The first-order chi connectivity index (χ1) is 8.99. The van der Waals surface area contributed by atoms with Crippen molar-refractivity contribution in [3.8, 4) is 17.1 Å². The predicted octanol–water partition coefficient (Wildman–Crippen LogP) is 3.08. The highest BCUT2D eigenvalue weighted by molar-refractivity contribution is 5.65. The van der Waals surface area contributed by atoms with E-state index in [2.05, 4.69) is 20.0 Å². The number of rotatable bonds is 3. The molecule has 0 radical (unpaired) electrons. The average molecular weight is 269 g/mol. The van der Waals surface area contributed by atoms with Crippen LogP contribution in [0.2, 0.25) is 0 Å². The van der Waals surface area contributed by atoms with Crippen molar-refractivity contribution in [1.82, 2.24) is 9.97 Å². The molecular weight excluding hydrogens is 259 g/mol. The van der Waals surface area contributed by atoms with E-state index in [0.29, 0.717) is 5.82 Å². The zero-order valence-electron chi connectivity index (χ0n) is 9.90. The van der Waals surface area contributed by atoms with E-state index in [4.69, 9.17) is 0 Å². The predicted molar refractivity (Wildman–Crippen MR) is 63.7 cm³/mol. The molecule has 0 aliphatic rings. The van der Waals surface area contributed by atoms with Crippen LogP contribution in [0.4, 0.5) is 19.0 Å². The van der Waals surface area contributed by atoms with Gasteiger partial charge in [0.2, 0.25) is 0 Å². The summed E-state index contributed by atoms with van der Waals surface area (Å²) in [5.74, 6) is 0.335. The molecule has 1 aromatic heterocycles. The lowest BCUT2D eigenvalue weighted by molar-refractivity contribution is -0.274. The summed E-state index contributed by atoms with van der Waals surface area (Å²) in [4.78, 5) is 8.03. The summed E-state index contributed by atoms with van der Waals surface area (Å²) < 4.78 is 40.9. The van der Waals surface area contributed by atoms with Gasteiger partial charge in [-0.2, -0.15) is 0 Å². The lowest BCUT2D eigenvalue weighted by Gasteiger charge is -2.12. The minimum atomic E-state index is -4.75. The van der Waals surface area contributed by atoms with E-state index in [1.165, 1.54) is 24.4 Å². The van der Waals surface area contributed by atoms with Crippen LogP contribution in [0.25, 0.3) is 11.4 Å². The van der Waals surface area contributed by atoms with Gasteiger partial charge in [-0.05, 0) is 18.2 Å². The first-order valence-electron chi connectivity index (χ1n) is 5.35. The Morgan fingerprint density at radius 3 is 2.58 bits per heavy atom. The topological polar surface area (TPSA) is 47.0 Å². The monoisotopic (exact) mass is 269 g/mol. The Morgan fingerprint density at radius 2 is 1.89 bits per heavy atom. The maximum Gasteiger partial charge on any atom is 0.573 e. The number of aromatic nitrogens is 2. The summed E-state index contributed by atoms with van der Waals surface area (Å²) in [6, 6.07) is 7.34. The standard InChI is InChI=1S/C12H10F3N3O/c1-16-10-6-7-17-11(18-10)8-4-2-3-5-9(8)19-12(13,14)15/h2-7H,1H3,(H,16,17,18). The number of hydrogen-bond acceptors (Lipinski definition) is 4. The first kappa shape index (κ1) is 13.1. The lowest BCUT2D eigenvalue weighted by atomic mass is 10.2. The summed E-state index contributed by atoms with van der Waals surface area (Å²) in [5.41, 5.74) is 0.178. The Hall–Kier alpha value is -2.31. The SMILES string of the molecule is CNc1ccnc(-c2ccccc2OC(F)(F)F)n1. The Kier molecular flexibility index (Phi) is 3.55. The van der Waals surface area contributed by atoms with Crippen molar-refractivity contribution >= 4 is 5.82 Å². The highest BCUT2D eigenvalue weighted by atomic mass is 19.4. The maximum absolute atomic E-state index is 12.3. The zero-order chi connectivity index (χ0) is 13.9. The second kappa shape index (κ2) is 5.13. The average Bonchev–Trinajstić information content (AvgIpc) is 2.37. The van der Waals surface area contributed by atoms with E-state index in [0.717, 1.165) is 0 Å². The van der Waals surface area contributed by atoms with E-state index in [1.807, 2.05) is 0 Å². The van der Waals surface area contributed by atoms with Crippen molar-refractivity contribution in [3.05, 3.63) is 36.5 Å². The van der Waals surface area contributed by atoms with E-state index < -0.39 is 6.36 Å². The molecule has 1 aromatic carbocycles. The lowest BCUT2D eigenvalue weighted by Crippen LogP contribution is -2.17. The third-order valence-corrected chi connectivity index (χ3v) is 2.27. The van der Waals surface area contributed by atoms with E-state index in [1.54, 1.807) is 19.2 Å². The molecule has 0 bridgehead atoms. The van der Waals surface area contributed by atoms with Crippen LogP contribution in [-0.2, 0) is 0 Å². The molecule has 7 heteroatoms. The quantitative estimate of drug-likeness (QED) is 0.930. The van der Waals surface area contributed by atoms with Gasteiger partial charge in [-0.3, -0.25) is 0 Å². The van der Waals surface area contributed by atoms with Gasteiger partial charge in [0.05, 0.1) is 5.56 Å². The van der Waals surface area contributed by atoms with Crippen LogP contribution >= 0.6 is 0 Å². The molecule has 0 fully saturated rings. The number of benzene rings is 1. The van der Waals surface area contributed by atoms with Crippen LogP contribution in [0.5, 0.6) is 5.75 Å². The van der Waals surface area contributed by atoms with Crippen molar-refractivity contribution < 1.29 is 17.9 Å². The number of halogens is 3. The molecule has 0 unspecified atom stereocenters. The molecular formula is C12H10F3N3O. The third kappa shape index (κ3) is 3.34. The molecule has 2 rings (SSSR count). The third-order valence-electron chi connectivity index (χ3n) is 2.27. The smallest absolute Gasteiger partial charge is 0.405 e. The fourth-order valence-corrected chi connectivity index (χ4v) is 1.49. The number of ether oxygens (including phenoxy) is 1. The highest BCUT2D eigenvalue weighted by Crippen LogP contribution is 2.31. The van der Waals surface area contributed by atoms with E-state index in [9.17, 15) is 13.2 Å². The number of para-hydroxylation sites is 1. The van der Waals surface area contributed by atoms with Crippen LogP contribution in [0, 0.1) is 0 Å². The van der Waals surface area contributed by atoms with Crippen LogP contribution in [0.3, 0.4) is 0 Å². The number of alkyl halides is 3. The Bertz CT molecular complexity index is 572. The van der Waals surface area contributed by atoms with Gasteiger partial charge in [0.1, 0.15) is 11.6 Å². The number of anilines is 1. The van der Waals surface area contributed by atoms with Crippen molar-refractivity contribution in [2.24, 2.45) is 0 Å².